The number of rotatable bonds is 8. The van der Waals surface area contributed by atoms with Gasteiger partial charge in [0.2, 0.25) is 10.0 Å². The average Bonchev–Trinajstić information content (AvgIpc) is 3.39. The van der Waals surface area contributed by atoms with Gasteiger partial charge in [0.1, 0.15) is 10.5 Å². The van der Waals surface area contributed by atoms with Crippen molar-refractivity contribution in [3.05, 3.63) is 53.1 Å². The summed E-state index contributed by atoms with van der Waals surface area (Å²) in [5.74, 6) is 1.10. The Bertz CT molecular complexity index is 2120. The number of aromatic nitrogens is 1. The zero-order valence-corrected chi connectivity index (χ0v) is 31.1. The predicted octanol–water partition coefficient (Wildman–Crippen LogP) is 5.36. The van der Waals surface area contributed by atoms with Crippen LogP contribution in [-0.2, 0) is 31.5 Å². The molecule has 13 heteroatoms. The fraction of sp³-hybridized carbons (Fsp3) is 0.605. The lowest BCUT2D eigenvalue weighted by molar-refractivity contribution is 0.0719. The van der Waals surface area contributed by atoms with E-state index >= 15 is 8.42 Å². The molecule has 9 rings (SSSR count). The molecule has 5 atom stereocenters. The first-order valence-electron chi connectivity index (χ1n) is 18.8. The second kappa shape index (κ2) is 12.3. The van der Waals surface area contributed by atoms with Crippen molar-refractivity contribution in [3.63, 3.8) is 0 Å². The quantitative estimate of drug-likeness (QED) is 0.330. The summed E-state index contributed by atoms with van der Waals surface area (Å²) in [5, 5.41) is 1.00. The van der Waals surface area contributed by atoms with Crippen molar-refractivity contribution in [2.24, 2.45) is 11.8 Å². The van der Waals surface area contributed by atoms with Crippen molar-refractivity contribution in [2.75, 3.05) is 40.0 Å². The van der Waals surface area contributed by atoms with Gasteiger partial charge in [-0.3, -0.25) is 4.79 Å². The van der Waals surface area contributed by atoms with Gasteiger partial charge in [0, 0.05) is 60.2 Å². The molecule has 3 aliphatic heterocycles. The van der Waals surface area contributed by atoms with Gasteiger partial charge in [0.05, 0.1) is 26.0 Å². The number of nitrogens with zero attached hydrogens (tertiary/aromatic N) is 3. The van der Waals surface area contributed by atoms with E-state index in [9.17, 15) is 13.2 Å². The van der Waals surface area contributed by atoms with E-state index < -0.39 is 30.9 Å². The number of hydrogen-bond acceptors (Lipinski definition) is 7. The number of hydrogen-bond donors (Lipinski definition) is 1. The summed E-state index contributed by atoms with van der Waals surface area (Å²) in [6, 6.07) is 11.6. The summed E-state index contributed by atoms with van der Waals surface area (Å²) in [5.41, 5.74) is 5.29. The Hall–Kier alpha value is -2.97. The highest BCUT2D eigenvalue weighted by atomic mass is 32.2. The van der Waals surface area contributed by atoms with Crippen molar-refractivity contribution in [2.45, 2.75) is 93.9 Å². The Morgan fingerprint density at radius 1 is 1.02 bits per heavy atom. The van der Waals surface area contributed by atoms with E-state index in [1.165, 1.54) is 16.3 Å². The molecule has 2 saturated heterocycles. The smallest absolute Gasteiger partial charge is 0.304 e. The first-order valence-corrected chi connectivity index (χ1v) is 21.7. The van der Waals surface area contributed by atoms with Gasteiger partial charge in [0.15, 0.2) is 0 Å². The third kappa shape index (κ3) is 5.23. The zero-order valence-electron chi connectivity index (χ0n) is 29.5. The van der Waals surface area contributed by atoms with Crippen LogP contribution in [0.3, 0.4) is 0 Å². The van der Waals surface area contributed by atoms with Crippen LogP contribution in [0.5, 0.6) is 5.75 Å². The molecule has 11 nitrogen and oxygen atoms in total. The molecule has 6 aliphatic rings. The number of nitrogens with one attached hydrogen (secondary N) is 1. The summed E-state index contributed by atoms with van der Waals surface area (Å²) < 4.78 is 74.2. The van der Waals surface area contributed by atoms with Crippen LogP contribution in [0.2, 0.25) is 0 Å². The Kier molecular flexibility index (Phi) is 8.16. The first kappa shape index (κ1) is 33.8. The molecule has 3 saturated carbocycles. The van der Waals surface area contributed by atoms with Crippen LogP contribution < -0.4 is 9.46 Å². The lowest BCUT2D eigenvalue weighted by Gasteiger charge is -2.34. The predicted molar refractivity (Wildman–Crippen MR) is 195 cm³/mol. The minimum atomic E-state index is -4.07. The van der Waals surface area contributed by atoms with E-state index in [0.717, 1.165) is 72.7 Å². The van der Waals surface area contributed by atoms with E-state index in [1.54, 1.807) is 19.2 Å². The number of piperidine rings is 1. The highest BCUT2D eigenvalue weighted by Gasteiger charge is 2.69. The molecule has 1 amide bonds. The minimum Gasteiger partial charge on any atom is -0.497 e. The third-order valence-electron chi connectivity index (χ3n) is 13.2. The van der Waals surface area contributed by atoms with Gasteiger partial charge in [-0.2, -0.15) is 17.0 Å². The van der Waals surface area contributed by atoms with Crippen molar-refractivity contribution in [3.8, 4) is 17.0 Å². The number of carbonyl (C=O) groups excluding carboxylic acids is 1. The SMILES string of the molecule is CCC1CC2CC1CN2S(=O)(=O)C12CC1c1cc(OC)ccc1-c1c(C3CCCCC3)c3ccc(C(=O)NS(=O)(=O)N4CCOCC4)cc3n1C2. The number of fused-ring (bicyclic) bond motifs is 9. The van der Waals surface area contributed by atoms with E-state index in [4.69, 9.17) is 9.47 Å². The van der Waals surface area contributed by atoms with Gasteiger partial charge < -0.3 is 14.0 Å². The molecule has 51 heavy (non-hydrogen) atoms. The molecule has 2 bridgehead atoms. The van der Waals surface area contributed by atoms with Crippen molar-refractivity contribution in [1.29, 1.82) is 0 Å². The second-order valence-corrected chi connectivity index (χ2v) is 19.7. The summed E-state index contributed by atoms with van der Waals surface area (Å²) in [4.78, 5) is 13.7. The van der Waals surface area contributed by atoms with Gasteiger partial charge in [-0.25, -0.2) is 13.1 Å². The molecule has 3 aliphatic carbocycles. The van der Waals surface area contributed by atoms with Crippen LogP contribution in [-0.4, -0.2) is 86.7 Å². The van der Waals surface area contributed by atoms with Crippen LogP contribution in [0.25, 0.3) is 22.2 Å². The maximum Gasteiger partial charge on any atom is 0.304 e. The molecule has 5 fully saturated rings. The molecular formula is C38H48N4O7S2. The third-order valence-corrected chi connectivity index (χ3v) is 17.4. The molecule has 4 heterocycles. The number of carbonyl (C=O) groups is 1. The number of ether oxygens (including phenoxy) is 2. The molecule has 2 aromatic carbocycles. The number of benzene rings is 2. The van der Waals surface area contributed by atoms with Crippen LogP contribution in [0.1, 0.15) is 98.0 Å². The van der Waals surface area contributed by atoms with Gasteiger partial charge in [0.25, 0.3) is 5.91 Å². The van der Waals surface area contributed by atoms with E-state index in [2.05, 4.69) is 22.3 Å². The molecule has 5 unspecified atom stereocenters. The molecule has 0 radical (unpaired) electrons. The zero-order chi connectivity index (χ0) is 35.3. The lowest BCUT2D eigenvalue weighted by atomic mass is 9.81. The lowest BCUT2D eigenvalue weighted by Crippen LogP contribution is -2.48. The molecule has 1 N–H and O–H groups in total. The highest BCUT2D eigenvalue weighted by Crippen LogP contribution is 2.65. The van der Waals surface area contributed by atoms with E-state index in [-0.39, 0.29) is 56.3 Å². The van der Waals surface area contributed by atoms with Gasteiger partial charge in [-0.1, -0.05) is 38.7 Å². The Labute approximate surface area is 300 Å². The Morgan fingerprint density at radius 2 is 1.80 bits per heavy atom. The van der Waals surface area contributed by atoms with E-state index in [1.807, 2.05) is 22.5 Å². The molecule has 1 aromatic heterocycles. The Balaban J connectivity index is 1.20. The first-order chi connectivity index (χ1) is 24.6. The standard InChI is InChI=1S/C38H48N4O7S2/c1-3-24-17-28-18-27(24)22-42(28)50(44,45)38-21-33(38)32-20-29(48-2)10-12-30(32)36-35(25-7-5-4-6-8-25)31-11-9-26(19-34(31)41(36)23-38)37(43)39-51(46,47)40-13-15-49-16-14-40/h9-12,19-20,24-25,27-28,33H,3-8,13-18,21-23H2,1-2H3,(H,39,43). The molecular weight excluding hydrogens is 689 g/mol. The minimum absolute atomic E-state index is 0.0519. The monoisotopic (exact) mass is 736 g/mol. The maximum atomic E-state index is 15.1. The topological polar surface area (TPSA) is 127 Å². The number of sulfonamides is 1. The normalized spacial score (nSPS) is 29.7. The summed E-state index contributed by atoms with van der Waals surface area (Å²) >= 11 is 0. The molecule has 274 valence electrons. The number of morpholine rings is 1. The largest absolute Gasteiger partial charge is 0.497 e. The fourth-order valence-electron chi connectivity index (χ4n) is 10.5. The molecule has 0 spiro atoms. The van der Waals surface area contributed by atoms with Crippen molar-refractivity contribution >= 4 is 37.0 Å². The van der Waals surface area contributed by atoms with Gasteiger partial charge in [-0.05, 0) is 91.3 Å². The van der Waals surface area contributed by atoms with Gasteiger partial charge >= 0.3 is 10.2 Å². The van der Waals surface area contributed by atoms with Crippen LogP contribution in [0.15, 0.2) is 36.4 Å². The van der Waals surface area contributed by atoms with Crippen molar-refractivity contribution in [1.82, 2.24) is 17.9 Å². The summed E-state index contributed by atoms with van der Waals surface area (Å²) in [6.45, 7) is 4.00. The van der Waals surface area contributed by atoms with Crippen LogP contribution in [0.4, 0.5) is 0 Å². The highest BCUT2D eigenvalue weighted by molar-refractivity contribution is 7.91. The van der Waals surface area contributed by atoms with E-state index in [0.29, 0.717) is 30.6 Å². The Morgan fingerprint density at radius 3 is 2.51 bits per heavy atom. The van der Waals surface area contributed by atoms with Crippen molar-refractivity contribution < 1.29 is 31.1 Å². The molecule has 3 aromatic rings. The number of methoxy groups -OCH3 is 1. The fourth-order valence-corrected chi connectivity index (χ4v) is 14.2. The average molecular weight is 737 g/mol. The second-order valence-electron chi connectivity index (χ2n) is 15.8. The number of amides is 1. The summed E-state index contributed by atoms with van der Waals surface area (Å²) in [7, 11) is -6.14. The maximum absolute atomic E-state index is 15.1. The van der Waals surface area contributed by atoms with Crippen LogP contribution >= 0.6 is 0 Å². The van der Waals surface area contributed by atoms with Gasteiger partial charge in [-0.15, -0.1) is 0 Å². The van der Waals surface area contributed by atoms with Crippen LogP contribution in [0, 0.1) is 11.8 Å². The summed E-state index contributed by atoms with van der Waals surface area (Å²) in [6.07, 6.45) is 9.02.